The van der Waals surface area contributed by atoms with Crippen molar-refractivity contribution in [3.05, 3.63) is 29.8 Å². The van der Waals surface area contributed by atoms with E-state index >= 15 is 0 Å². The van der Waals surface area contributed by atoms with Gasteiger partial charge >= 0.3 is 0 Å². The summed E-state index contributed by atoms with van der Waals surface area (Å²) >= 11 is 0. The predicted octanol–water partition coefficient (Wildman–Crippen LogP) is 2.62. The summed E-state index contributed by atoms with van der Waals surface area (Å²) in [5.74, 6) is 0.259. The molecule has 0 unspecified atom stereocenters. The molecular weight excluding hydrogens is 374 g/mol. The van der Waals surface area contributed by atoms with Crippen molar-refractivity contribution in [3.8, 4) is 0 Å². The van der Waals surface area contributed by atoms with E-state index in [0.717, 1.165) is 28.8 Å². The molecule has 1 heterocycles. The Bertz CT molecular complexity index is 837. The second-order valence-corrected chi connectivity index (χ2v) is 9.91. The maximum Gasteiger partial charge on any atom is 0.246 e. The molecule has 1 amide bonds. The Balaban J connectivity index is 1.37. The number of fused-ring (bicyclic) bond motifs is 2. The third-order valence-corrected chi connectivity index (χ3v) is 8.34. The Morgan fingerprint density at radius 1 is 1.07 bits per heavy atom. The summed E-state index contributed by atoms with van der Waals surface area (Å²) in [5, 5.41) is 0. The standard InChI is InChI=1S/C19H24F2N2O3S/c20-16-3-4-17(21)18(12-16)27(25,26)23-7-5-22(6-8-23)19(24)11-15-10-13-1-2-14(15)9-13/h3-4,12-15H,1-2,5-11H2/t13-,14+,15+/m0/s1. The number of carbonyl (C=O) groups is 1. The molecule has 5 nitrogen and oxygen atoms in total. The van der Waals surface area contributed by atoms with Crippen LogP contribution < -0.4 is 0 Å². The Hall–Kier alpha value is -1.54. The lowest BCUT2D eigenvalue weighted by atomic mass is 9.86. The van der Waals surface area contributed by atoms with E-state index < -0.39 is 26.6 Å². The monoisotopic (exact) mass is 398 g/mol. The first-order valence-electron chi connectivity index (χ1n) is 9.57. The number of amides is 1. The molecule has 0 aromatic heterocycles. The van der Waals surface area contributed by atoms with Gasteiger partial charge in [0, 0.05) is 32.6 Å². The molecule has 3 atom stereocenters. The van der Waals surface area contributed by atoms with Crippen LogP contribution in [0.2, 0.25) is 0 Å². The van der Waals surface area contributed by atoms with Crippen LogP contribution in [0.25, 0.3) is 0 Å². The fourth-order valence-corrected chi connectivity index (χ4v) is 6.47. The quantitative estimate of drug-likeness (QED) is 0.784. The van der Waals surface area contributed by atoms with Crippen LogP contribution in [0.4, 0.5) is 8.78 Å². The highest BCUT2D eigenvalue weighted by Crippen LogP contribution is 2.49. The number of hydrogen-bond acceptors (Lipinski definition) is 3. The summed E-state index contributed by atoms with van der Waals surface area (Å²) in [7, 11) is -4.11. The van der Waals surface area contributed by atoms with Crippen LogP contribution in [0, 0.1) is 29.4 Å². The number of piperazine rings is 1. The molecule has 3 fully saturated rings. The van der Waals surface area contributed by atoms with Crippen molar-refractivity contribution in [1.29, 1.82) is 0 Å². The van der Waals surface area contributed by atoms with Crippen molar-refractivity contribution in [2.24, 2.45) is 17.8 Å². The summed E-state index contributed by atoms with van der Waals surface area (Å²) in [6.45, 7) is 0.771. The minimum Gasteiger partial charge on any atom is -0.340 e. The lowest BCUT2D eigenvalue weighted by molar-refractivity contribution is -0.133. The Kier molecular flexibility index (Phi) is 4.96. The molecule has 1 aromatic rings. The van der Waals surface area contributed by atoms with Gasteiger partial charge in [0.1, 0.15) is 16.5 Å². The number of sulfonamides is 1. The molecule has 4 rings (SSSR count). The minimum atomic E-state index is -4.11. The average Bonchev–Trinajstić information content (AvgIpc) is 3.27. The third kappa shape index (κ3) is 3.61. The van der Waals surface area contributed by atoms with Crippen LogP contribution in [0.3, 0.4) is 0 Å². The predicted molar refractivity (Wildman–Crippen MR) is 95.3 cm³/mol. The van der Waals surface area contributed by atoms with E-state index in [4.69, 9.17) is 0 Å². The van der Waals surface area contributed by atoms with Gasteiger partial charge in [0.15, 0.2) is 0 Å². The van der Waals surface area contributed by atoms with Gasteiger partial charge in [0.2, 0.25) is 15.9 Å². The van der Waals surface area contributed by atoms with E-state index in [1.807, 2.05) is 0 Å². The Morgan fingerprint density at radius 2 is 1.81 bits per heavy atom. The van der Waals surface area contributed by atoms with Crippen LogP contribution >= 0.6 is 0 Å². The lowest BCUT2D eigenvalue weighted by Crippen LogP contribution is -2.51. The van der Waals surface area contributed by atoms with E-state index in [0.29, 0.717) is 24.3 Å². The highest BCUT2D eigenvalue weighted by molar-refractivity contribution is 7.89. The molecule has 1 aromatic carbocycles. The molecule has 3 aliphatic rings. The molecule has 2 aliphatic carbocycles. The molecule has 1 aliphatic heterocycles. The van der Waals surface area contributed by atoms with E-state index in [2.05, 4.69) is 0 Å². The minimum absolute atomic E-state index is 0.0848. The lowest BCUT2D eigenvalue weighted by Gasteiger charge is -2.35. The Morgan fingerprint density at radius 3 is 2.44 bits per heavy atom. The summed E-state index contributed by atoms with van der Waals surface area (Å²) in [6, 6.07) is 2.41. The van der Waals surface area contributed by atoms with Crippen molar-refractivity contribution < 1.29 is 22.0 Å². The van der Waals surface area contributed by atoms with Gasteiger partial charge in [-0.25, -0.2) is 17.2 Å². The van der Waals surface area contributed by atoms with E-state index in [-0.39, 0.29) is 32.1 Å². The topological polar surface area (TPSA) is 57.7 Å². The largest absolute Gasteiger partial charge is 0.340 e. The maximum absolute atomic E-state index is 13.9. The van der Waals surface area contributed by atoms with Crippen molar-refractivity contribution >= 4 is 15.9 Å². The maximum atomic E-state index is 13.9. The number of halogens is 2. The molecular formula is C19H24F2N2O3S. The number of rotatable bonds is 4. The normalized spacial score (nSPS) is 28.7. The fraction of sp³-hybridized carbons (Fsp3) is 0.632. The number of hydrogen-bond donors (Lipinski definition) is 0. The van der Waals surface area contributed by atoms with Crippen LogP contribution in [0.5, 0.6) is 0 Å². The van der Waals surface area contributed by atoms with Crippen molar-refractivity contribution in [2.75, 3.05) is 26.2 Å². The van der Waals surface area contributed by atoms with E-state index in [1.54, 1.807) is 4.90 Å². The molecule has 2 bridgehead atoms. The van der Waals surface area contributed by atoms with Gasteiger partial charge in [-0.15, -0.1) is 0 Å². The van der Waals surface area contributed by atoms with Gasteiger partial charge in [-0.3, -0.25) is 4.79 Å². The van der Waals surface area contributed by atoms with Gasteiger partial charge in [0.05, 0.1) is 0 Å². The van der Waals surface area contributed by atoms with Gasteiger partial charge in [0.25, 0.3) is 0 Å². The SMILES string of the molecule is O=C(C[C@H]1C[C@H]2CC[C@@H]1C2)N1CCN(S(=O)(=O)c2cc(F)ccc2F)CC1. The first kappa shape index (κ1) is 18.8. The molecule has 0 N–H and O–H groups in total. The molecule has 1 saturated heterocycles. The van der Waals surface area contributed by atoms with Crippen LogP contribution in [-0.2, 0) is 14.8 Å². The van der Waals surface area contributed by atoms with Gasteiger partial charge in [-0.05, 0) is 55.2 Å². The molecule has 2 saturated carbocycles. The molecule has 27 heavy (non-hydrogen) atoms. The summed E-state index contributed by atoms with van der Waals surface area (Å²) in [4.78, 5) is 13.7. The third-order valence-electron chi connectivity index (χ3n) is 6.42. The number of nitrogens with zero attached hydrogens (tertiary/aromatic N) is 2. The zero-order chi connectivity index (χ0) is 19.2. The molecule has 0 radical (unpaired) electrons. The average molecular weight is 398 g/mol. The first-order chi connectivity index (χ1) is 12.8. The summed E-state index contributed by atoms with van der Waals surface area (Å²) < 4.78 is 53.6. The fourth-order valence-electron chi connectivity index (χ4n) is 4.97. The van der Waals surface area contributed by atoms with E-state index in [1.165, 1.54) is 19.3 Å². The Labute approximate surface area is 158 Å². The number of benzene rings is 1. The highest BCUT2D eigenvalue weighted by Gasteiger charge is 2.41. The van der Waals surface area contributed by atoms with Gasteiger partial charge in [-0.2, -0.15) is 4.31 Å². The van der Waals surface area contributed by atoms with Crippen LogP contribution in [0.1, 0.15) is 32.1 Å². The number of carbonyl (C=O) groups excluding carboxylic acids is 1. The summed E-state index contributed by atoms with van der Waals surface area (Å²) in [5.41, 5.74) is 0. The van der Waals surface area contributed by atoms with Crippen molar-refractivity contribution in [3.63, 3.8) is 0 Å². The van der Waals surface area contributed by atoms with Crippen molar-refractivity contribution in [2.45, 2.75) is 37.0 Å². The van der Waals surface area contributed by atoms with E-state index in [9.17, 15) is 22.0 Å². The second kappa shape index (κ2) is 7.13. The zero-order valence-electron chi connectivity index (χ0n) is 15.1. The summed E-state index contributed by atoms with van der Waals surface area (Å²) in [6.07, 6.45) is 5.47. The van der Waals surface area contributed by atoms with Crippen LogP contribution in [0.15, 0.2) is 23.1 Å². The molecule has 8 heteroatoms. The molecule has 0 spiro atoms. The highest BCUT2D eigenvalue weighted by atomic mass is 32.2. The molecule has 148 valence electrons. The van der Waals surface area contributed by atoms with Gasteiger partial charge < -0.3 is 4.90 Å². The van der Waals surface area contributed by atoms with Crippen LogP contribution in [-0.4, -0.2) is 49.7 Å². The first-order valence-corrected chi connectivity index (χ1v) is 11.0. The zero-order valence-corrected chi connectivity index (χ0v) is 15.9. The van der Waals surface area contributed by atoms with Gasteiger partial charge in [-0.1, -0.05) is 6.42 Å². The van der Waals surface area contributed by atoms with Crippen molar-refractivity contribution in [1.82, 2.24) is 9.21 Å². The second-order valence-electron chi connectivity index (χ2n) is 8.00. The smallest absolute Gasteiger partial charge is 0.246 e.